The Morgan fingerprint density at radius 3 is 1.03 bits per heavy atom. The molecule has 38 heteroatoms. The Morgan fingerprint density at radius 1 is 0.430 bits per heavy atom. The quantitative estimate of drug-likeness (QED) is 0.0240. The van der Waals surface area contributed by atoms with Crippen molar-refractivity contribution in [3.63, 3.8) is 0 Å². The second kappa shape index (κ2) is 30.5. The van der Waals surface area contributed by atoms with E-state index >= 15 is 0 Å². The van der Waals surface area contributed by atoms with Crippen molar-refractivity contribution in [1.82, 2.24) is 0 Å². The summed E-state index contributed by atoms with van der Waals surface area (Å²) in [6.45, 7) is 0. The number of hydrogen-bond donors (Lipinski definition) is 0. The maximum atomic E-state index is 13.9. The first kappa shape index (κ1) is 79.4. The lowest BCUT2D eigenvalue weighted by Gasteiger charge is -2.60. The minimum absolute atomic E-state index is 0.00748. The SMILES string of the molecule is [B]Cc1cc(C[B])c(C[B])c(C(=O)OC23CC4CC(C2)CC(OC(=O)C(F)(F)S(=O)(=O)[O-])(C4)C3)c1.[B]Cc1cc(C[B])c(C[B])c(C(=O)OC23CC4CC(C2)CC(OC(=O)C(F)S(=O)(=O)[O-])(C4)C3)c1.[B]Cc1cc(C[B])c(C[B])c(C(=O)Oc2ccc(OC(=O)C(F)(F)S(=O)(=O)[O-])cc2)c1. The molecule has 8 fully saturated rings. The summed E-state index contributed by atoms with van der Waals surface area (Å²) in [6.07, 6.45) is 5.85. The minimum atomic E-state index is -6.25. The third-order valence-corrected chi connectivity index (χ3v) is 21.1. The van der Waals surface area contributed by atoms with Gasteiger partial charge in [0, 0.05) is 12.8 Å². The molecule has 0 amide bonds. The first-order chi connectivity index (χ1) is 46.6. The summed E-state index contributed by atoms with van der Waals surface area (Å²) in [5.74, 6) is -9.37. The summed E-state index contributed by atoms with van der Waals surface area (Å²) in [5, 5.41) is -10.5. The number of ether oxygens (including phenoxy) is 6. The Balaban J connectivity index is 0.000000191. The van der Waals surface area contributed by atoms with Gasteiger partial charge < -0.3 is 42.1 Å². The van der Waals surface area contributed by atoms with Crippen molar-refractivity contribution in [2.75, 3.05) is 0 Å². The van der Waals surface area contributed by atoms with Crippen molar-refractivity contribution >= 4 is 137 Å². The largest absolute Gasteiger partial charge is 0.745 e. The molecule has 0 aliphatic heterocycles. The van der Waals surface area contributed by atoms with Gasteiger partial charge in [0.25, 0.3) is 5.50 Å². The molecule has 18 radical (unpaired) electrons. The van der Waals surface area contributed by atoms with Crippen LogP contribution in [-0.2, 0) is 121 Å². The average molecular weight is 1430 g/mol. The number of halogens is 5. The molecule has 12 rings (SSSR count). The standard InChI is InChI=1S/C22H23B3F2O7S.C22H24B3FO7S.C18H13B3F2O7S/c23-8-12-2-15(9-24)17(10-25)16(3-12)18(28)33-20-4-13-1-14(5-20)7-21(6-13,11-20)34-19(29)22(26,27)35(30,31)32;23-8-12-2-15(9-24)17(10-25)16(3-12)19(27)32-21-4-13-1-14(5-21)7-22(6-13,11-21)33-20(28)18(26)34(29,30)31;19-7-10-5-11(8-20)15(9-21)14(6-10)16(24)29-12-1-3-13(4-2-12)30-17(25)18(22,23)31(26,27)28/h2-3,13-14H,1,4-11H2,(H,30,31,32);2-3,13-14,18H,1,4-11H2,(H,29,30,31);1-6H,7-9H2,(H,26,27,28)/p-3. The molecule has 0 saturated heterocycles. The lowest BCUT2D eigenvalue weighted by Crippen LogP contribution is -2.62. The molecule has 0 aromatic heterocycles. The van der Waals surface area contributed by atoms with Crippen LogP contribution in [0.2, 0.25) is 0 Å². The lowest BCUT2D eigenvalue weighted by molar-refractivity contribution is -0.228. The van der Waals surface area contributed by atoms with E-state index in [1.54, 1.807) is 30.3 Å². The Labute approximate surface area is 586 Å². The van der Waals surface area contributed by atoms with Gasteiger partial charge in [0.2, 0.25) is 0 Å². The molecular formula is C62H57B9F5O21S3-3. The molecule has 8 bridgehead atoms. The van der Waals surface area contributed by atoms with Gasteiger partial charge in [0.1, 0.15) is 44.0 Å². The molecule has 8 saturated carbocycles. The van der Waals surface area contributed by atoms with Crippen molar-refractivity contribution < 1.29 is 118 Å². The van der Waals surface area contributed by atoms with Crippen LogP contribution in [0.25, 0.3) is 0 Å². The maximum absolute atomic E-state index is 13.9. The number of rotatable bonds is 24. The van der Waals surface area contributed by atoms with Crippen molar-refractivity contribution in [2.45, 2.75) is 172 Å². The number of benzene rings is 4. The lowest BCUT2D eigenvalue weighted by atomic mass is 9.52. The van der Waals surface area contributed by atoms with Gasteiger partial charge in [0.05, 0.1) is 87.3 Å². The first-order valence-electron chi connectivity index (χ1n) is 31.1. The van der Waals surface area contributed by atoms with Crippen LogP contribution in [0.5, 0.6) is 11.5 Å². The van der Waals surface area contributed by atoms with E-state index in [0.717, 1.165) is 37.1 Å². The predicted molar refractivity (Wildman–Crippen MR) is 349 cm³/mol. The van der Waals surface area contributed by atoms with Gasteiger partial charge in [-0.25, -0.2) is 58.4 Å². The third kappa shape index (κ3) is 17.1. The summed E-state index contributed by atoms with van der Waals surface area (Å²) in [4.78, 5) is 74.8. The fourth-order valence-corrected chi connectivity index (χ4v) is 16.3. The topological polar surface area (TPSA) is 329 Å². The molecule has 0 N–H and O–H groups in total. The third-order valence-electron chi connectivity index (χ3n) is 18.8. The molecule has 4 aromatic carbocycles. The molecule has 4 aromatic rings. The molecular weight excluding hydrogens is 1370 g/mol. The fourth-order valence-electron chi connectivity index (χ4n) is 15.5. The zero-order valence-corrected chi connectivity index (χ0v) is 55.8. The normalized spacial score (nSPS) is 24.4. The Hall–Kier alpha value is -6.34. The van der Waals surface area contributed by atoms with E-state index in [0.29, 0.717) is 88.6 Å². The summed E-state index contributed by atoms with van der Waals surface area (Å²) in [5.41, 5.74) is -1.86. The predicted octanol–water partition coefficient (Wildman–Crippen LogP) is 3.90. The molecule has 21 nitrogen and oxygen atoms in total. The number of carbonyl (C=O) groups excluding carboxylic acids is 6. The smallest absolute Gasteiger partial charge is 0.429 e. The van der Waals surface area contributed by atoms with Crippen LogP contribution in [0.1, 0.15) is 158 Å². The summed E-state index contributed by atoms with van der Waals surface area (Å²) >= 11 is 0. The average Bonchev–Trinajstić information content (AvgIpc) is 0.723. The molecule has 8 aliphatic carbocycles. The van der Waals surface area contributed by atoms with Crippen LogP contribution in [0.3, 0.4) is 0 Å². The highest BCUT2D eigenvalue weighted by Crippen LogP contribution is 2.62. The van der Waals surface area contributed by atoms with Crippen molar-refractivity contribution in [3.8, 4) is 11.5 Å². The fraction of sp³-hybridized carbons (Fsp3) is 0.516. The molecule has 0 spiro atoms. The highest BCUT2D eigenvalue weighted by atomic mass is 32.2. The van der Waals surface area contributed by atoms with Gasteiger partial charge in [0.15, 0.2) is 20.2 Å². The zero-order chi connectivity index (χ0) is 74.1. The molecule has 8 aliphatic rings. The molecule has 5 atom stereocenters. The minimum Gasteiger partial charge on any atom is -0.745 e. The second-order valence-corrected chi connectivity index (χ2v) is 30.2. The van der Waals surface area contributed by atoms with Crippen LogP contribution in [-0.4, -0.2) is 184 Å². The summed E-state index contributed by atoms with van der Waals surface area (Å²) in [7, 11) is 34.0. The van der Waals surface area contributed by atoms with Crippen molar-refractivity contribution in [1.29, 1.82) is 0 Å². The Bertz CT molecular complexity index is 4170. The van der Waals surface area contributed by atoms with Crippen molar-refractivity contribution in [3.05, 3.63) is 127 Å². The van der Waals surface area contributed by atoms with E-state index in [1.165, 1.54) is 6.07 Å². The van der Waals surface area contributed by atoms with Crippen LogP contribution < -0.4 is 9.47 Å². The van der Waals surface area contributed by atoms with E-state index in [4.69, 9.17) is 94.3 Å². The van der Waals surface area contributed by atoms with E-state index < -0.39 is 110 Å². The summed E-state index contributed by atoms with van der Waals surface area (Å²) in [6, 6.07) is 14.1. The van der Waals surface area contributed by atoms with Crippen LogP contribution in [0.15, 0.2) is 60.7 Å². The van der Waals surface area contributed by atoms with Crippen LogP contribution in [0, 0.1) is 23.7 Å². The molecule has 514 valence electrons. The maximum Gasteiger partial charge on any atom is 0.429 e. The number of carbonyl (C=O) groups is 6. The highest BCUT2D eigenvalue weighted by molar-refractivity contribution is 7.88. The number of alkyl halides is 5. The van der Waals surface area contributed by atoms with Gasteiger partial charge in [-0.15, -0.1) is 0 Å². The van der Waals surface area contributed by atoms with Crippen molar-refractivity contribution in [2.24, 2.45) is 23.7 Å². The molecule has 0 heterocycles. The van der Waals surface area contributed by atoms with E-state index in [2.05, 4.69) is 4.74 Å². The van der Waals surface area contributed by atoms with E-state index in [-0.39, 0.29) is 129 Å². The second-order valence-electron chi connectivity index (χ2n) is 25.9. The Morgan fingerprint density at radius 2 is 0.730 bits per heavy atom. The summed E-state index contributed by atoms with van der Waals surface area (Å²) < 4.78 is 197. The first-order valence-corrected chi connectivity index (χ1v) is 35.4. The van der Waals surface area contributed by atoms with E-state index in [1.807, 2.05) is 0 Å². The van der Waals surface area contributed by atoms with Crippen LogP contribution in [0.4, 0.5) is 22.0 Å². The van der Waals surface area contributed by atoms with Gasteiger partial charge in [-0.1, -0.05) is 108 Å². The van der Waals surface area contributed by atoms with Gasteiger partial charge >= 0.3 is 46.3 Å². The van der Waals surface area contributed by atoms with E-state index in [9.17, 15) is 89.6 Å². The molecule has 5 unspecified atom stereocenters. The Kier molecular flexibility index (Phi) is 24.2. The number of esters is 6. The van der Waals surface area contributed by atoms with Gasteiger partial charge in [-0.05, 0) is 147 Å². The monoisotopic (exact) mass is 1430 g/mol. The highest BCUT2D eigenvalue weighted by Gasteiger charge is 2.65. The number of hydrogen-bond acceptors (Lipinski definition) is 21. The molecule has 100 heavy (non-hydrogen) atoms. The van der Waals surface area contributed by atoms with Gasteiger partial charge in [-0.3, -0.25) is 0 Å². The zero-order valence-electron chi connectivity index (χ0n) is 53.4. The van der Waals surface area contributed by atoms with Gasteiger partial charge in [-0.2, -0.15) is 17.6 Å². The van der Waals surface area contributed by atoms with Crippen LogP contribution >= 0.6 is 0 Å².